The molecule has 0 spiro atoms. The van der Waals surface area contributed by atoms with Crippen molar-refractivity contribution in [1.29, 1.82) is 0 Å². The Morgan fingerprint density at radius 3 is 3.22 bits per heavy atom. The standard InChI is InChI=1S/C11H15N5O2/c17-7-8-2-1-5-15(6-8)10-4-3-9-12-13-11(18)16(9)14-10/h3-4,8,17H,1-2,5-7H2,(H,13,18). The van der Waals surface area contributed by atoms with Crippen LogP contribution in [0.3, 0.4) is 0 Å². The van der Waals surface area contributed by atoms with E-state index in [1.807, 2.05) is 6.07 Å². The third kappa shape index (κ3) is 1.86. The Morgan fingerprint density at radius 1 is 1.50 bits per heavy atom. The fourth-order valence-corrected chi connectivity index (χ4v) is 2.38. The fourth-order valence-electron chi connectivity index (χ4n) is 2.38. The molecule has 0 radical (unpaired) electrons. The normalized spacial score (nSPS) is 20.5. The van der Waals surface area contributed by atoms with Crippen LogP contribution in [0.1, 0.15) is 12.8 Å². The van der Waals surface area contributed by atoms with Crippen LogP contribution in [0.25, 0.3) is 5.65 Å². The first-order valence-corrected chi connectivity index (χ1v) is 6.08. The molecule has 2 aromatic heterocycles. The van der Waals surface area contributed by atoms with Gasteiger partial charge in [0.25, 0.3) is 0 Å². The summed E-state index contributed by atoms with van der Waals surface area (Å²) in [6, 6.07) is 3.62. The Kier molecular flexibility index (Phi) is 2.75. The first-order chi connectivity index (χ1) is 8.78. The number of anilines is 1. The number of aliphatic hydroxyl groups is 1. The molecular formula is C11H15N5O2. The second kappa shape index (κ2) is 4.41. The van der Waals surface area contributed by atoms with E-state index < -0.39 is 0 Å². The van der Waals surface area contributed by atoms with Crippen molar-refractivity contribution < 1.29 is 5.11 Å². The molecule has 7 heteroatoms. The molecule has 96 valence electrons. The summed E-state index contributed by atoms with van der Waals surface area (Å²) in [6.45, 7) is 1.88. The summed E-state index contributed by atoms with van der Waals surface area (Å²) in [6.07, 6.45) is 2.08. The lowest BCUT2D eigenvalue weighted by atomic mass is 9.99. The molecule has 1 atom stereocenters. The van der Waals surface area contributed by atoms with Crippen LogP contribution in [0, 0.1) is 5.92 Å². The average Bonchev–Trinajstić information content (AvgIpc) is 2.80. The molecule has 1 unspecified atom stereocenters. The van der Waals surface area contributed by atoms with E-state index in [2.05, 4.69) is 20.2 Å². The third-order valence-electron chi connectivity index (χ3n) is 3.36. The number of aromatic nitrogens is 4. The van der Waals surface area contributed by atoms with Crippen LogP contribution >= 0.6 is 0 Å². The maximum atomic E-state index is 11.5. The van der Waals surface area contributed by atoms with Gasteiger partial charge in [0, 0.05) is 19.7 Å². The molecule has 18 heavy (non-hydrogen) atoms. The van der Waals surface area contributed by atoms with Crippen LogP contribution in [0.2, 0.25) is 0 Å². The number of aliphatic hydroxyl groups excluding tert-OH is 1. The van der Waals surface area contributed by atoms with Crippen molar-refractivity contribution >= 4 is 11.5 Å². The number of nitrogens with one attached hydrogen (secondary N) is 1. The number of piperidine rings is 1. The van der Waals surface area contributed by atoms with Gasteiger partial charge in [-0.05, 0) is 30.9 Å². The molecule has 0 aliphatic carbocycles. The molecule has 0 aromatic carbocycles. The fraction of sp³-hybridized carbons (Fsp3) is 0.545. The van der Waals surface area contributed by atoms with Crippen molar-refractivity contribution in [1.82, 2.24) is 19.8 Å². The Balaban J connectivity index is 1.93. The van der Waals surface area contributed by atoms with E-state index in [4.69, 9.17) is 0 Å². The maximum Gasteiger partial charge on any atom is 0.364 e. The second-order valence-electron chi connectivity index (χ2n) is 4.63. The molecular weight excluding hydrogens is 234 g/mol. The van der Waals surface area contributed by atoms with Gasteiger partial charge in [-0.15, -0.1) is 5.10 Å². The maximum absolute atomic E-state index is 11.5. The summed E-state index contributed by atoms with van der Waals surface area (Å²) < 4.78 is 1.26. The zero-order valence-corrected chi connectivity index (χ0v) is 9.91. The van der Waals surface area contributed by atoms with Crippen LogP contribution in [-0.4, -0.2) is 44.6 Å². The first kappa shape index (κ1) is 11.2. The van der Waals surface area contributed by atoms with E-state index in [1.165, 1.54) is 4.52 Å². The van der Waals surface area contributed by atoms with Gasteiger partial charge in [-0.2, -0.15) is 9.61 Å². The van der Waals surface area contributed by atoms with Crippen LogP contribution in [0.4, 0.5) is 5.82 Å². The van der Waals surface area contributed by atoms with Gasteiger partial charge < -0.3 is 10.0 Å². The molecule has 1 saturated heterocycles. The van der Waals surface area contributed by atoms with Crippen LogP contribution < -0.4 is 10.6 Å². The summed E-state index contributed by atoms with van der Waals surface area (Å²) in [5, 5.41) is 19.7. The minimum atomic E-state index is -0.331. The van der Waals surface area contributed by atoms with E-state index in [0.717, 1.165) is 31.7 Å². The van der Waals surface area contributed by atoms with Crippen molar-refractivity contribution in [2.45, 2.75) is 12.8 Å². The quantitative estimate of drug-likeness (QED) is 0.758. The van der Waals surface area contributed by atoms with Gasteiger partial charge in [0.1, 0.15) is 5.82 Å². The number of fused-ring (bicyclic) bond motifs is 1. The zero-order valence-electron chi connectivity index (χ0n) is 9.91. The van der Waals surface area contributed by atoms with Gasteiger partial charge in [0.15, 0.2) is 5.65 Å². The molecule has 0 saturated carbocycles. The Hall–Kier alpha value is -1.89. The summed E-state index contributed by atoms with van der Waals surface area (Å²) in [4.78, 5) is 13.6. The highest BCUT2D eigenvalue weighted by Crippen LogP contribution is 2.20. The summed E-state index contributed by atoms with van der Waals surface area (Å²) in [7, 11) is 0. The first-order valence-electron chi connectivity index (χ1n) is 6.08. The van der Waals surface area contributed by atoms with Gasteiger partial charge in [-0.3, -0.25) is 0 Å². The van der Waals surface area contributed by atoms with Gasteiger partial charge in [0.05, 0.1) is 0 Å². The van der Waals surface area contributed by atoms with Crippen LogP contribution in [0.15, 0.2) is 16.9 Å². The molecule has 1 aliphatic rings. The number of hydrogen-bond acceptors (Lipinski definition) is 5. The van der Waals surface area contributed by atoms with Gasteiger partial charge in [-0.1, -0.05) is 0 Å². The third-order valence-corrected chi connectivity index (χ3v) is 3.36. The van der Waals surface area contributed by atoms with Crippen LogP contribution in [-0.2, 0) is 0 Å². The molecule has 7 nitrogen and oxygen atoms in total. The largest absolute Gasteiger partial charge is 0.396 e. The summed E-state index contributed by atoms with van der Waals surface area (Å²) in [5.74, 6) is 1.04. The second-order valence-corrected chi connectivity index (χ2v) is 4.63. The molecule has 1 aliphatic heterocycles. The zero-order chi connectivity index (χ0) is 12.5. The van der Waals surface area contributed by atoms with Crippen molar-refractivity contribution in [3.05, 3.63) is 22.6 Å². The van der Waals surface area contributed by atoms with Gasteiger partial charge in [-0.25, -0.2) is 9.89 Å². The number of aromatic amines is 1. The van der Waals surface area contributed by atoms with Gasteiger partial charge in [0.2, 0.25) is 0 Å². The Morgan fingerprint density at radius 2 is 2.39 bits per heavy atom. The van der Waals surface area contributed by atoms with E-state index in [9.17, 15) is 9.90 Å². The highest BCUT2D eigenvalue weighted by Gasteiger charge is 2.20. The summed E-state index contributed by atoms with van der Waals surface area (Å²) in [5.41, 5.74) is 0.182. The Bertz CT molecular complexity index is 605. The van der Waals surface area contributed by atoms with Crippen molar-refractivity contribution in [3.8, 4) is 0 Å². The minimum absolute atomic E-state index is 0.199. The molecule has 0 bridgehead atoms. The number of H-pyrrole nitrogens is 1. The van der Waals surface area contributed by atoms with E-state index in [0.29, 0.717) is 5.65 Å². The van der Waals surface area contributed by atoms with E-state index in [1.54, 1.807) is 6.07 Å². The lowest BCUT2D eigenvalue weighted by molar-refractivity contribution is 0.208. The lowest BCUT2D eigenvalue weighted by Gasteiger charge is -2.32. The molecule has 2 N–H and O–H groups in total. The average molecular weight is 249 g/mol. The van der Waals surface area contributed by atoms with Gasteiger partial charge >= 0.3 is 5.69 Å². The van der Waals surface area contributed by atoms with Crippen molar-refractivity contribution in [2.24, 2.45) is 5.92 Å². The number of nitrogens with zero attached hydrogens (tertiary/aromatic N) is 4. The molecule has 3 heterocycles. The molecule has 3 rings (SSSR count). The topological polar surface area (TPSA) is 86.5 Å². The Labute approximate surface area is 103 Å². The summed E-state index contributed by atoms with van der Waals surface area (Å²) >= 11 is 0. The molecule has 0 amide bonds. The van der Waals surface area contributed by atoms with Crippen LogP contribution in [0.5, 0.6) is 0 Å². The SMILES string of the molecule is O=c1[nH]nc2ccc(N3CCCC(CO)C3)nn12. The number of hydrogen-bond donors (Lipinski definition) is 2. The van der Waals surface area contributed by atoms with Crippen molar-refractivity contribution in [2.75, 3.05) is 24.6 Å². The number of rotatable bonds is 2. The van der Waals surface area contributed by atoms with E-state index in [-0.39, 0.29) is 18.2 Å². The monoisotopic (exact) mass is 249 g/mol. The van der Waals surface area contributed by atoms with E-state index >= 15 is 0 Å². The lowest BCUT2D eigenvalue weighted by Crippen LogP contribution is -2.37. The predicted octanol–water partition coefficient (Wildman–Crippen LogP) is -0.374. The minimum Gasteiger partial charge on any atom is -0.396 e. The van der Waals surface area contributed by atoms with Crippen molar-refractivity contribution in [3.63, 3.8) is 0 Å². The highest BCUT2D eigenvalue weighted by atomic mass is 16.3. The molecule has 2 aromatic rings. The smallest absolute Gasteiger partial charge is 0.364 e. The predicted molar refractivity (Wildman–Crippen MR) is 65.6 cm³/mol. The highest BCUT2D eigenvalue weighted by molar-refractivity contribution is 5.45. The molecule has 1 fully saturated rings.